The van der Waals surface area contributed by atoms with Gasteiger partial charge in [0.05, 0.1) is 7.11 Å². The highest BCUT2D eigenvalue weighted by Crippen LogP contribution is 2.13. The maximum Gasteiger partial charge on any atom is 0.328 e. The first kappa shape index (κ1) is 23.5. The molecule has 0 aliphatic rings. The minimum atomic E-state index is -0.959. The highest BCUT2D eigenvalue weighted by Gasteiger charge is 2.28. The van der Waals surface area contributed by atoms with E-state index in [2.05, 4.69) is 10.6 Å². The minimum Gasteiger partial charge on any atom is -0.508 e. The standard InChI is InChI=1S/C26H26N2O5/c1-33-26(32)23(17-19-12-14-21(29)15-13-19)28-25(31)22(16-18-8-4-2-5-9-18)27-24(30)20-10-6-3-7-11-20/h2-15,22-23,29H,16-17H2,1H3,(H,27,30)(H,28,31)/t22-,23?/m0/s1. The Morgan fingerprint density at radius 3 is 1.91 bits per heavy atom. The predicted octanol–water partition coefficient (Wildman–Crippen LogP) is 2.63. The second-order valence-electron chi connectivity index (χ2n) is 7.54. The average Bonchev–Trinajstić information content (AvgIpc) is 2.85. The quantitative estimate of drug-likeness (QED) is 0.439. The number of amides is 2. The minimum absolute atomic E-state index is 0.101. The fourth-order valence-corrected chi connectivity index (χ4v) is 3.37. The number of ether oxygens (including phenoxy) is 1. The van der Waals surface area contributed by atoms with Gasteiger partial charge in [0, 0.05) is 18.4 Å². The third-order valence-corrected chi connectivity index (χ3v) is 5.12. The lowest BCUT2D eigenvalue weighted by Gasteiger charge is -2.22. The Balaban J connectivity index is 1.79. The van der Waals surface area contributed by atoms with Crippen LogP contribution >= 0.6 is 0 Å². The number of carbonyl (C=O) groups excluding carboxylic acids is 3. The highest BCUT2D eigenvalue weighted by atomic mass is 16.5. The van der Waals surface area contributed by atoms with Gasteiger partial charge in [0.25, 0.3) is 5.91 Å². The number of hydrogen-bond acceptors (Lipinski definition) is 5. The van der Waals surface area contributed by atoms with E-state index in [1.807, 2.05) is 30.3 Å². The van der Waals surface area contributed by atoms with Gasteiger partial charge in [0.2, 0.25) is 5.91 Å². The summed E-state index contributed by atoms with van der Waals surface area (Å²) in [6.45, 7) is 0. The molecule has 3 rings (SSSR count). The van der Waals surface area contributed by atoms with Crippen molar-refractivity contribution in [2.75, 3.05) is 7.11 Å². The zero-order valence-corrected chi connectivity index (χ0v) is 18.2. The topological polar surface area (TPSA) is 105 Å². The molecule has 0 fully saturated rings. The third-order valence-electron chi connectivity index (χ3n) is 5.12. The van der Waals surface area contributed by atoms with Gasteiger partial charge in [-0.25, -0.2) is 4.79 Å². The summed E-state index contributed by atoms with van der Waals surface area (Å²) in [6, 6.07) is 22.4. The number of hydrogen-bond donors (Lipinski definition) is 3. The van der Waals surface area contributed by atoms with Gasteiger partial charge in [-0.05, 0) is 35.4 Å². The van der Waals surface area contributed by atoms with Crippen molar-refractivity contribution >= 4 is 17.8 Å². The molecule has 7 nitrogen and oxygen atoms in total. The summed E-state index contributed by atoms with van der Waals surface area (Å²) in [6.07, 6.45) is 0.418. The molecule has 33 heavy (non-hydrogen) atoms. The van der Waals surface area contributed by atoms with Gasteiger partial charge in [-0.3, -0.25) is 9.59 Å². The van der Waals surface area contributed by atoms with Crippen molar-refractivity contribution in [3.05, 3.63) is 102 Å². The number of carbonyl (C=O) groups is 3. The number of rotatable bonds is 9. The Morgan fingerprint density at radius 1 is 0.758 bits per heavy atom. The molecule has 0 aliphatic heterocycles. The second kappa shape index (κ2) is 11.5. The Labute approximate surface area is 192 Å². The van der Waals surface area contributed by atoms with Gasteiger partial charge < -0.3 is 20.5 Å². The summed E-state index contributed by atoms with van der Waals surface area (Å²) in [5.74, 6) is -1.40. The summed E-state index contributed by atoms with van der Waals surface area (Å²) >= 11 is 0. The van der Waals surface area contributed by atoms with E-state index >= 15 is 0 Å². The lowest BCUT2D eigenvalue weighted by Crippen LogP contribution is -2.53. The molecule has 2 amide bonds. The van der Waals surface area contributed by atoms with E-state index in [1.54, 1.807) is 42.5 Å². The van der Waals surface area contributed by atoms with Gasteiger partial charge in [-0.1, -0.05) is 60.7 Å². The molecule has 170 valence electrons. The van der Waals surface area contributed by atoms with Crippen LogP contribution in [0.4, 0.5) is 0 Å². The number of nitrogens with one attached hydrogen (secondary N) is 2. The van der Waals surface area contributed by atoms with Crippen LogP contribution in [0.1, 0.15) is 21.5 Å². The fraction of sp³-hybridized carbons (Fsp3) is 0.192. The smallest absolute Gasteiger partial charge is 0.328 e. The molecule has 3 aromatic rings. The predicted molar refractivity (Wildman–Crippen MR) is 124 cm³/mol. The molecule has 0 aromatic heterocycles. The molecular weight excluding hydrogens is 420 g/mol. The van der Waals surface area contributed by atoms with Gasteiger partial charge >= 0.3 is 5.97 Å². The van der Waals surface area contributed by atoms with Gasteiger partial charge in [0.15, 0.2) is 0 Å². The molecule has 0 spiro atoms. The number of phenols is 1. The Kier molecular flexibility index (Phi) is 8.18. The van der Waals surface area contributed by atoms with E-state index < -0.39 is 24.0 Å². The van der Waals surface area contributed by atoms with E-state index in [-0.39, 0.29) is 24.5 Å². The average molecular weight is 447 g/mol. The Bertz CT molecular complexity index is 1070. The number of esters is 1. The second-order valence-corrected chi connectivity index (χ2v) is 7.54. The lowest BCUT2D eigenvalue weighted by atomic mass is 10.0. The normalized spacial score (nSPS) is 12.3. The van der Waals surface area contributed by atoms with Crippen molar-refractivity contribution in [2.45, 2.75) is 24.9 Å². The van der Waals surface area contributed by atoms with Crippen molar-refractivity contribution < 1.29 is 24.2 Å². The molecule has 3 N–H and O–H groups in total. The number of aromatic hydroxyl groups is 1. The maximum atomic E-state index is 13.2. The molecule has 0 bridgehead atoms. The van der Waals surface area contributed by atoms with Crippen molar-refractivity contribution in [2.24, 2.45) is 0 Å². The number of phenolic OH excluding ortho intramolecular Hbond substituents is 1. The van der Waals surface area contributed by atoms with Crippen LogP contribution in [0.2, 0.25) is 0 Å². The monoisotopic (exact) mass is 446 g/mol. The summed E-state index contributed by atoms with van der Waals surface area (Å²) in [7, 11) is 1.25. The first-order chi connectivity index (χ1) is 16.0. The van der Waals surface area contributed by atoms with Gasteiger partial charge in [0.1, 0.15) is 17.8 Å². The molecular formula is C26H26N2O5. The zero-order chi connectivity index (χ0) is 23.6. The van der Waals surface area contributed by atoms with E-state index in [4.69, 9.17) is 4.74 Å². The van der Waals surface area contributed by atoms with Crippen molar-refractivity contribution in [1.82, 2.24) is 10.6 Å². The van der Waals surface area contributed by atoms with Gasteiger partial charge in [-0.15, -0.1) is 0 Å². The van der Waals surface area contributed by atoms with E-state index in [0.29, 0.717) is 5.56 Å². The van der Waals surface area contributed by atoms with Crippen LogP contribution in [0.5, 0.6) is 5.75 Å². The van der Waals surface area contributed by atoms with Crippen LogP contribution in [-0.2, 0) is 27.2 Å². The van der Waals surface area contributed by atoms with Crippen LogP contribution < -0.4 is 10.6 Å². The molecule has 1 unspecified atom stereocenters. The molecule has 0 aliphatic carbocycles. The summed E-state index contributed by atoms with van der Waals surface area (Å²) in [5, 5.41) is 15.0. The molecule has 0 saturated heterocycles. The first-order valence-corrected chi connectivity index (χ1v) is 10.5. The first-order valence-electron chi connectivity index (χ1n) is 10.5. The summed E-state index contributed by atoms with van der Waals surface area (Å²) in [4.78, 5) is 38.3. The molecule has 3 aromatic carbocycles. The third kappa shape index (κ3) is 6.93. The summed E-state index contributed by atoms with van der Waals surface area (Å²) < 4.78 is 4.87. The summed E-state index contributed by atoms with van der Waals surface area (Å²) in [5.41, 5.74) is 2.02. The SMILES string of the molecule is COC(=O)C(Cc1ccc(O)cc1)NC(=O)[C@H](Cc1ccccc1)NC(=O)c1ccccc1. The molecule has 0 radical (unpaired) electrons. The number of benzene rings is 3. The fourth-order valence-electron chi connectivity index (χ4n) is 3.37. The van der Waals surface area contributed by atoms with Crippen molar-refractivity contribution in [1.29, 1.82) is 0 Å². The van der Waals surface area contributed by atoms with E-state index in [9.17, 15) is 19.5 Å². The highest BCUT2D eigenvalue weighted by molar-refractivity contribution is 5.98. The van der Waals surface area contributed by atoms with Crippen LogP contribution in [0.3, 0.4) is 0 Å². The number of methoxy groups -OCH3 is 1. The zero-order valence-electron chi connectivity index (χ0n) is 18.2. The van der Waals surface area contributed by atoms with Crippen LogP contribution in [0.15, 0.2) is 84.9 Å². The van der Waals surface area contributed by atoms with Crippen LogP contribution in [0.25, 0.3) is 0 Å². The maximum absolute atomic E-state index is 13.2. The lowest BCUT2D eigenvalue weighted by molar-refractivity contribution is -0.145. The van der Waals surface area contributed by atoms with E-state index in [1.165, 1.54) is 19.2 Å². The largest absolute Gasteiger partial charge is 0.508 e. The van der Waals surface area contributed by atoms with Crippen molar-refractivity contribution in [3.8, 4) is 5.75 Å². The van der Waals surface area contributed by atoms with Crippen LogP contribution in [0, 0.1) is 0 Å². The van der Waals surface area contributed by atoms with Crippen LogP contribution in [-0.4, -0.2) is 42.1 Å². The molecule has 0 heterocycles. The van der Waals surface area contributed by atoms with Crippen molar-refractivity contribution in [3.63, 3.8) is 0 Å². The van der Waals surface area contributed by atoms with E-state index in [0.717, 1.165) is 11.1 Å². The van der Waals surface area contributed by atoms with Gasteiger partial charge in [-0.2, -0.15) is 0 Å². The molecule has 0 saturated carbocycles. The Morgan fingerprint density at radius 2 is 1.30 bits per heavy atom. The molecule has 2 atom stereocenters. The molecule has 7 heteroatoms. The Hall–Kier alpha value is -4.13.